The van der Waals surface area contributed by atoms with Crippen LogP contribution in [0.25, 0.3) is 0 Å². The topological polar surface area (TPSA) is 123 Å². The largest absolute Gasteiger partial charge is 0.313 e. The predicted octanol–water partition coefficient (Wildman–Crippen LogP) is -0.987. The van der Waals surface area contributed by atoms with Gasteiger partial charge >= 0.3 is 0 Å². The molecule has 1 aromatic heterocycles. The third kappa shape index (κ3) is 3.31. The first-order valence-corrected chi connectivity index (χ1v) is 10.0. The maximum Gasteiger partial charge on any atom is 0.250 e. The second-order valence-electron chi connectivity index (χ2n) is 3.70. The van der Waals surface area contributed by atoms with E-state index < -0.39 is 39.2 Å². The van der Waals surface area contributed by atoms with E-state index in [0.29, 0.717) is 4.09 Å². The van der Waals surface area contributed by atoms with Crippen LogP contribution in [0.5, 0.6) is 0 Å². The molecule has 104 valence electrons. The van der Waals surface area contributed by atoms with Crippen LogP contribution in [0.3, 0.4) is 0 Å². The lowest BCUT2D eigenvalue weighted by Gasteiger charge is -2.06. The normalized spacial score (nSPS) is 16.2. The lowest BCUT2D eigenvalue weighted by Crippen LogP contribution is -2.18. The number of sulfone groups is 1. The molecule has 18 heavy (non-hydrogen) atoms. The van der Waals surface area contributed by atoms with Crippen LogP contribution in [-0.4, -0.2) is 53.6 Å². The number of hydrogen-bond acceptors (Lipinski definition) is 6. The van der Waals surface area contributed by atoms with Gasteiger partial charge in [0.25, 0.3) is 10.0 Å². The van der Waals surface area contributed by atoms with Crippen LogP contribution in [-0.2, 0) is 29.7 Å². The fraction of sp³-hybridized carbons (Fsp3) is 0.429. The Morgan fingerprint density at radius 3 is 1.94 bits per heavy atom. The van der Waals surface area contributed by atoms with Gasteiger partial charge in [-0.15, -0.1) is 5.10 Å². The molecular formula is C7H12N2O6S3. The number of hydrogen-bond donors (Lipinski definition) is 1. The van der Waals surface area contributed by atoms with E-state index in [1.807, 2.05) is 0 Å². The first kappa shape index (κ1) is 15.1. The summed E-state index contributed by atoms with van der Waals surface area (Å²) in [5.74, 6) is 0. The van der Waals surface area contributed by atoms with Crippen molar-refractivity contribution in [2.75, 3.05) is 18.8 Å². The zero-order valence-electron chi connectivity index (χ0n) is 9.76. The van der Waals surface area contributed by atoms with Crippen LogP contribution in [0.15, 0.2) is 17.3 Å². The van der Waals surface area contributed by atoms with Crippen molar-refractivity contribution in [2.24, 2.45) is 0 Å². The van der Waals surface area contributed by atoms with E-state index in [0.717, 1.165) is 31.0 Å². The monoisotopic (exact) mass is 316 g/mol. The summed E-state index contributed by atoms with van der Waals surface area (Å²) in [6.07, 6.45) is 3.44. The van der Waals surface area contributed by atoms with Gasteiger partial charge in [-0.05, 0) is 6.07 Å². The first-order chi connectivity index (χ1) is 7.83. The molecule has 1 atom stereocenters. The highest BCUT2D eigenvalue weighted by Crippen LogP contribution is 2.09. The fourth-order valence-electron chi connectivity index (χ4n) is 1.10. The summed E-state index contributed by atoms with van der Waals surface area (Å²) < 4.78 is 66.3. The Hall–Kier alpha value is -0.910. The maximum atomic E-state index is 11.5. The molecule has 0 radical (unpaired) electrons. The molecule has 11 heteroatoms. The Morgan fingerprint density at radius 2 is 1.61 bits per heavy atom. The summed E-state index contributed by atoms with van der Waals surface area (Å²) in [5.41, 5.74) is 0. The standard InChI is InChI=1S/C7H12N2O6S3/c1-16(10,11)6-4-5-9(18(3,14)15)8-7(6)17(2,12)13/h4-5H,1-3H3,(H,10,11). The van der Waals surface area contributed by atoms with Crippen molar-refractivity contribution in [1.29, 1.82) is 0 Å². The quantitative estimate of drug-likeness (QED) is 0.695. The average molecular weight is 316 g/mol. The van der Waals surface area contributed by atoms with E-state index in [-0.39, 0.29) is 0 Å². The van der Waals surface area contributed by atoms with Gasteiger partial charge in [-0.25, -0.2) is 21.0 Å². The summed E-state index contributed by atoms with van der Waals surface area (Å²) in [6, 6.07) is 0.951. The molecule has 0 saturated heterocycles. The highest BCUT2D eigenvalue weighted by molar-refractivity contribution is 7.92. The van der Waals surface area contributed by atoms with Crippen LogP contribution in [0.2, 0.25) is 0 Å². The van der Waals surface area contributed by atoms with E-state index in [1.165, 1.54) is 0 Å². The van der Waals surface area contributed by atoms with Crippen LogP contribution >= 0.6 is 0 Å². The molecule has 0 saturated carbocycles. The van der Waals surface area contributed by atoms with Gasteiger partial charge in [0.15, 0.2) is 14.9 Å². The van der Waals surface area contributed by atoms with Gasteiger partial charge in [-0.1, -0.05) is 0 Å². The minimum absolute atomic E-state index is 0.426. The van der Waals surface area contributed by atoms with Gasteiger partial charge in [0.1, 0.15) is 0 Å². The molecule has 1 aromatic rings. The second-order valence-corrected chi connectivity index (χ2v) is 9.51. The molecule has 0 aliphatic carbocycles. The van der Waals surface area contributed by atoms with Crippen LogP contribution in [0.4, 0.5) is 0 Å². The molecule has 0 aliphatic heterocycles. The minimum atomic E-state index is -3.93. The molecular weight excluding hydrogens is 304 g/mol. The summed E-state index contributed by atoms with van der Waals surface area (Å²) in [4.78, 5) is 0. The maximum absolute atomic E-state index is 11.5. The molecule has 0 aromatic carbocycles. The van der Waals surface area contributed by atoms with Crippen molar-refractivity contribution in [3.63, 3.8) is 0 Å². The van der Waals surface area contributed by atoms with Crippen LogP contribution < -0.4 is 0 Å². The van der Waals surface area contributed by atoms with Gasteiger partial charge in [0, 0.05) is 18.7 Å². The average Bonchev–Trinajstić information content (AvgIpc) is 2.12. The van der Waals surface area contributed by atoms with Crippen molar-refractivity contribution in [3.05, 3.63) is 16.8 Å². The van der Waals surface area contributed by atoms with Crippen molar-refractivity contribution in [3.8, 4) is 0 Å². The lowest BCUT2D eigenvalue weighted by molar-refractivity contribution is 0.556. The minimum Gasteiger partial charge on any atom is -0.313 e. The number of aromatic nitrogens is 2. The highest BCUT2D eigenvalue weighted by Gasteiger charge is 2.18. The molecule has 8 nitrogen and oxygen atoms in total. The van der Waals surface area contributed by atoms with Crippen LogP contribution in [0, 0.1) is 4.51 Å². The Bertz CT molecular complexity index is 831. The number of rotatable bonds is 2. The zero-order valence-corrected chi connectivity index (χ0v) is 12.2. The Kier molecular flexibility index (Phi) is 3.64. The van der Waals surface area contributed by atoms with Gasteiger partial charge < -0.3 is 4.55 Å². The molecule has 0 bridgehead atoms. The summed E-state index contributed by atoms with van der Waals surface area (Å²) >= 11 is 0. The van der Waals surface area contributed by atoms with E-state index in [9.17, 15) is 25.6 Å². The fourth-order valence-corrected chi connectivity index (χ4v) is 3.93. The SMILES string of the molecule is CS(=O)(=O)c1nn(S(C)(=O)=O)ccc1=S(C)(=O)O. The summed E-state index contributed by atoms with van der Waals surface area (Å²) in [7, 11) is -11.3. The van der Waals surface area contributed by atoms with Gasteiger partial charge in [0.2, 0.25) is 0 Å². The third-order valence-electron chi connectivity index (χ3n) is 1.85. The van der Waals surface area contributed by atoms with E-state index in [1.54, 1.807) is 0 Å². The smallest absolute Gasteiger partial charge is 0.250 e. The lowest BCUT2D eigenvalue weighted by atomic mass is 10.6. The van der Waals surface area contributed by atoms with Gasteiger partial charge in [-0.2, -0.15) is 4.09 Å². The Morgan fingerprint density at radius 1 is 1.11 bits per heavy atom. The van der Waals surface area contributed by atoms with E-state index in [4.69, 9.17) is 0 Å². The molecule has 0 amide bonds. The third-order valence-corrected chi connectivity index (χ3v) is 5.01. The molecule has 1 rings (SSSR count). The van der Waals surface area contributed by atoms with Crippen molar-refractivity contribution in [1.82, 2.24) is 9.19 Å². The molecule has 0 spiro atoms. The molecule has 1 N–H and O–H groups in total. The summed E-state index contributed by atoms with van der Waals surface area (Å²) in [5, 5.41) is 2.65. The van der Waals surface area contributed by atoms with Crippen molar-refractivity contribution in [2.45, 2.75) is 5.03 Å². The van der Waals surface area contributed by atoms with Crippen LogP contribution in [0.1, 0.15) is 0 Å². The van der Waals surface area contributed by atoms with E-state index >= 15 is 0 Å². The molecule has 1 unspecified atom stereocenters. The van der Waals surface area contributed by atoms with Gasteiger partial charge in [-0.3, -0.25) is 0 Å². The predicted molar refractivity (Wildman–Crippen MR) is 65.5 cm³/mol. The molecule has 0 aliphatic rings. The van der Waals surface area contributed by atoms with E-state index in [2.05, 4.69) is 5.10 Å². The second kappa shape index (κ2) is 4.33. The zero-order chi connectivity index (χ0) is 14.4. The first-order valence-electron chi connectivity index (χ1n) is 4.39. The Labute approximate surface area is 105 Å². The molecule has 1 heterocycles. The van der Waals surface area contributed by atoms with Gasteiger partial charge in [0.05, 0.1) is 20.6 Å². The van der Waals surface area contributed by atoms with Crippen molar-refractivity contribution >= 4 is 29.7 Å². The Balaban J connectivity index is 4.04. The summed E-state index contributed by atoms with van der Waals surface area (Å²) in [6.45, 7) is 0. The van der Waals surface area contributed by atoms with Crippen molar-refractivity contribution < 1.29 is 25.6 Å². The molecule has 0 fully saturated rings. The number of nitrogens with zero attached hydrogens (tertiary/aromatic N) is 2. The highest BCUT2D eigenvalue weighted by atomic mass is 32.2.